The molecule has 0 saturated heterocycles. The first-order valence-corrected chi connectivity index (χ1v) is 6.76. The summed E-state index contributed by atoms with van der Waals surface area (Å²) >= 11 is 0. The van der Waals surface area contributed by atoms with Crippen molar-refractivity contribution < 1.29 is 0 Å². The summed E-state index contributed by atoms with van der Waals surface area (Å²) in [6.45, 7) is 0. The number of hydrogen-bond donors (Lipinski definition) is 2. The Hall–Kier alpha value is -2.88. The summed E-state index contributed by atoms with van der Waals surface area (Å²) < 4.78 is 0. The maximum Gasteiger partial charge on any atom is 0.326 e. The summed E-state index contributed by atoms with van der Waals surface area (Å²) in [5.41, 5.74) is 5.53. The van der Waals surface area contributed by atoms with Crippen LogP contribution >= 0.6 is 0 Å². The first-order chi connectivity index (χ1) is 10.2. The predicted octanol–water partition coefficient (Wildman–Crippen LogP) is 2.30. The van der Waals surface area contributed by atoms with Crippen LogP contribution in [0, 0.1) is 0 Å². The summed E-state index contributed by atoms with van der Waals surface area (Å²) in [5.74, 6) is 0. The zero-order chi connectivity index (χ0) is 14.4. The molecule has 1 aromatic heterocycles. The van der Waals surface area contributed by atoms with E-state index in [-0.39, 0.29) is 0 Å². The van der Waals surface area contributed by atoms with Crippen LogP contribution in [0.3, 0.4) is 0 Å². The highest BCUT2D eigenvalue weighted by molar-refractivity contribution is 5.79. The lowest BCUT2D eigenvalue weighted by molar-refractivity contribution is 1.04. The Morgan fingerprint density at radius 3 is 2.48 bits per heavy atom. The molecule has 21 heavy (non-hydrogen) atoms. The van der Waals surface area contributed by atoms with Crippen LogP contribution in [0.5, 0.6) is 0 Å². The standard InChI is InChI=1S/C17H12N2O2/c20-16-9-15(18-17(21)19-16)11-5-6-14-12(8-11)7-10-3-1-2-4-13(10)14/h1-6,8-9H,7H2,(H2,18,19,20,21). The van der Waals surface area contributed by atoms with Crippen molar-refractivity contribution in [3.8, 4) is 22.4 Å². The Kier molecular flexibility index (Phi) is 2.44. The molecule has 0 radical (unpaired) electrons. The highest BCUT2D eigenvalue weighted by Crippen LogP contribution is 2.37. The van der Waals surface area contributed by atoms with Gasteiger partial charge in [0.2, 0.25) is 0 Å². The van der Waals surface area contributed by atoms with Gasteiger partial charge >= 0.3 is 5.69 Å². The van der Waals surface area contributed by atoms with Gasteiger partial charge in [-0.2, -0.15) is 0 Å². The third kappa shape index (κ3) is 1.92. The zero-order valence-electron chi connectivity index (χ0n) is 11.1. The SMILES string of the molecule is O=c1cc(-c2ccc3c(c2)Cc2ccccc2-3)[nH]c(=O)[nH]1. The monoisotopic (exact) mass is 276 g/mol. The molecule has 0 fully saturated rings. The van der Waals surface area contributed by atoms with Crippen molar-refractivity contribution in [3.63, 3.8) is 0 Å². The molecule has 0 amide bonds. The van der Waals surface area contributed by atoms with Gasteiger partial charge in [-0.05, 0) is 40.3 Å². The molecule has 1 heterocycles. The molecule has 4 rings (SSSR count). The topological polar surface area (TPSA) is 65.7 Å². The molecule has 1 aliphatic carbocycles. The van der Waals surface area contributed by atoms with Gasteiger partial charge in [-0.3, -0.25) is 9.78 Å². The minimum absolute atomic E-state index is 0.391. The second-order valence-corrected chi connectivity index (χ2v) is 5.21. The molecule has 0 spiro atoms. The van der Waals surface area contributed by atoms with Gasteiger partial charge < -0.3 is 4.98 Å². The molecule has 4 nitrogen and oxygen atoms in total. The Bertz CT molecular complexity index is 939. The first kappa shape index (κ1) is 11.9. The molecule has 4 heteroatoms. The minimum atomic E-state index is -0.485. The van der Waals surface area contributed by atoms with Crippen LogP contribution in [0.25, 0.3) is 22.4 Å². The van der Waals surface area contributed by atoms with Gasteiger partial charge in [0.1, 0.15) is 0 Å². The first-order valence-electron chi connectivity index (χ1n) is 6.76. The summed E-state index contributed by atoms with van der Waals surface area (Å²) in [7, 11) is 0. The average molecular weight is 276 g/mol. The van der Waals surface area contributed by atoms with E-state index >= 15 is 0 Å². The molecule has 0 aliphatic heterocycles. The maximum atomic E-state index is 11.4. The van der Waals surface area contributed by atoms with Gasteiger partial charge in [-0.25, -0.2) is 4.79 Å². The molecular weight excluding hydrogens is 264 g/mol. The van der Waals surface area contributed by atoms with Crippen LogP contribution in [-0.4, -0.2) is 9.97 Å². The van der Waals surface area contributed by atoms with E-state index in [4.69, 9.17) is 0 Å². The molecule has 3 aromatic rings. The number of benzene rings is 2. The fourth-order valence-corrected chi connectivity index (χ4v) is 2.94. The van der Waals surface area contributed by atoms with Crippen molar-refractivity contribution in [1.82, 2.24) is 9.97 Å². The lowest BCUT2D eigenvalue weighted by Gasteiger charge is -2.05. The van der Waals surface area contributed by atoms with Crippen LogP contribution in [-0.2, 0) is 6.42 Å². The molecule has 2 aromatic carbocycles. The lowest BCUT2D eigenvalue weighted by atomic mass is 10.0. The van der Waals surface area contributed by atoms with Crippen molar-refractivity contribution in [2.24, 2.45) is 0 Å². The van der Waals surface area contributed by atoms with Crippen molar-refractivity contribution in [1.29, 1.82) is 0 Å². The van der Waals surface area contributed by atoms with E-state index in [0.29, 0.717) is 5.69 Å². The Morgan fingerprint density at radius 2 is 1.62 bits per heavy atom. The van der Waals surface area contributed by atoms with Crippen LogP contribution in [0.4, 0.5) is 0 Å². The van der Waals surface area contributed by atoms with Gasteiger partial charge in [-0.1, -0.05) is 36.4 Å². The molecule has 0 bridgehead atoms. The Morgan fingerprint density at radius 1 is 0.810 bits per heavy atom. The number of nitrogens with one attached hydrogen (secondary N) is 2. The Balaban J connectivity index is 1.87. The fourth-order valence-electron chi connectivity index (χ4n) is 2.94. The van der Waals surface area contributed by atoms with E-state index in [1.54, 1.807) is 0 Å². The number of rotatable bonds is 1. The molecule has 102 valence electrons. The normalized spacial score (nSPS) is 12.0. The zero-order valence-corrected chi connectivity index (χ0v) is 11.1. The quantitative estimate of drug-likeness (QED) is 0.560. The smallest absolute Gasteiger partial charge is 0.307 e. The van der Waals surface area contributed by atoms with E-state index in [1.165, 1.54) is 28.3 Å². The van der Waals surface area contributed by atoms with Crippen molar-refractivity contribution >= 4 is 0 Å². The largest absolute Gasteiger partial charge is 0.326 e. The van der Waals surface area contributed by atoms with Gasteiger partial charge in [0, 0.05) is 6.07 Å². The van der Waals surface area contributed by atoms with E-state index in [0.717, 1.165) is 12.0 Å². The van der Waals surface area contributed by atoms with Crippen molar-refractivity contribution in [2.45, 2.75) is 6.42 Å². The lowest BCUT2D eigenvalue weighted by Crippen LogP contribution is -2.21. The molecule has 0 atom stereocenters. The second kappa shape index (κ2) is 4.31. The van der Waals surface area contributed by atoms with Gasteiger partial charge in [0.25, 0.3) is 5.56 Å². The number of aromatic amines is 2. The van der Waals surface area contributed by atoms with Crippen LogP contribution in [0.15, 0.2) is 58.1 Å². The number of H-pyrrole nitrogens is 2. The van der Waals surface area contributed by atoms with Gasteiger partial charge in [0.15, 0.2) is 0 Å². The average Bonchev–Trinajstić information content (AvgIpc) is 2.83. The highest BCUT2D eigenvalue weighted by atomic mass is 16.2. The van der Waals surface area contributed by atoms with Crippen molar-refractivity contribution in [3.05, 3.63) is 80.5 Å². The molecule has 1 aliphatic rings. The third-order valence-electron chi connectivity index (χ3n) is 3.87. The minimum Gasteiger partial charge on any atom is -0.307 e. The van der Waals surface area contributed by atoms with Gasteiger partial charge in [-0.15, -0.1) is 0 Å². The van der Waals surface area contributed by atoms with E-state index < -0.39 is 11.2 Å². The molecule has 0 unspecified atom stereocenters. The molecule has 0 saturated carbocycles. The third-order valence-corrected chi connectivity index (χ3v) is 3.87. The summed E-state index contributed by atoms with van der Waals surface area (Å²) in [5, 5.41) is 0. The fraction of sp³-hybridized carbons (Fsp3) is 0.0588. The van der Waals surface area contributed by atoms with Crippen LogP contribution in [0.2, 0.25) is 0 Å². The van der Waals surface area contributed by atoms with E-state index in [1.807, 2.05) is 24.3 Å². The number of fused-ring (bicyclic) bond motifs is 3. The van der Waals surface area contributed by atoms with Crippen molar-refractivity contribution in [2.75, 3.05) is 0 Å². The summed E-state index contributed by atoms with van der Waals surface area (Å²) in [6, 6.07) is 15.8. The molecule has 2 N–H and O–H groups in total. The number of aromatic nitrogens is 2. The van der Waals surface area contributed by atoms with Crippen LogP contribution in [0.1, 0.15) is 11.1 Å². The number of hydrogen-bond acceptors (Lipinski definition) is 2. The highest BCUT2D eigenvalue weighted by Gasteiger charge is 2.18. The summed E-state index contributed by atoms with van der Waals surface area (Å²) in [6.07, 6.45) is 0.882. The molecular formula is C17H12N2O2. The maximum absolute atomic E-state index is 11.4. The Labute approximate surface area is 120 Å². The van der Waals surface area contributed by atoms with Crippen LogP contribution < -0.4 is 11.2 Å². The summed E-state index contributed by atoms with van der Waals surface area (Å²) in [4.78, 5) is 27.7. The van der Waals surface area contributed by atoms with E-state index in [2.05, 4.69) is 28.2 Å². The van der Waals surface area contributed by atoms with Gasteiger partial charge in [0.05, 0.1) is 5.69 Å². The predicted molar refractivity (Wildman–Crippen MR) is 81.4 cm³/mol. The second-order valence-electron chi connectivity index (χ2n) is 5.21. The van der Waals surface area contributed by atoms with E-state index in [9.17, 15) is 9.59 Å².